The highest BCUT2D eigenvalue weighted by Gasteiger charge is 2.31. The molecule has 1 saturated heterocycles. The Balaban J connectivity index is 2.10. The largest absolute Gasteiger partial charge is 0.379 e. The van der Waals surface area contributed by atoms with Crippen molar-refractivity contribution in [3.63, 3.8) is 0 Å². The SMILES string of the molecule is NC1COCC1C(=O)Cc1cccc(F)c1Br. The second kappa shape index (κ2) is 5.25. The van der Waals surface area contributed by atoms with Gasteiger partial charge in [-0.2, -0.15) is 0 Å². The number of carbonyl (C=O) groups excluding carboxylic acids is 1. The summed E-state index contributed by atoms with van der Waals surface area (Å²) in [5.41, 5.74) is 6.42. The van der Waals surface area contributed by atoms with Crippen molar-refractivity contribution in [3.05, 3.63) is 34.1 Å². The van der Waals surface area contributed by atoms with Gasteiger partial charge in [0.25, 0.3) is 0 Å². The number of Topliss-reactive ketones (excluding diaryl/α,β-unsaturated/α-hetero) is 1. The van der Waals surface area contributed by atoms with E-state index in [9.17, 15) is 9.18 Å². The maximum atomic E-state index is 13.3. The molecule has 0 aliphatic carbocycles. The van der Waals surface area contributed by atoms with Gasteiger partial charge in [-0.3, -0.25) is 4.79 Å². The molecule has 3 nitrogen and oxygen atoms in total. The van der Waals surface area contributed by atoms with Gasteiger partial charge in [0.2, 0.25) is 0 Å². The molecule has 1 fully saturated rings. The van der Waals surface area contributed by atoms with Gasteiger partial charge < -0.3 is 10.5 Å². The molecule has 1 aromatic rings. The predicted molar refractivity (Wildman–Crippen MR) is 65.1 cm³/mol. The van der Waals surface area contributed by atoms with Gasteiger partial charge in [0.15, 0.2) is 0 Å². The summed E-state index contributed by atoms with van der Waals surface area (Å²) in [6, 6.07) is 4.43. The number of carbonyl (C=O) groups is 1. The van der Waals surface area contributed by atoms with E-state index < -0.39 is 0 Å². The third-order valence-electron chi connectivity index (χ3n) is 2.93. The van der Waals surface area contributed by atoms with E-state index in [1.807, 2.05) is 0 Å². The maximum Gasteiger partial charge on any atom is 0.144 e. The number of nitrogens with two attached hydrogens (primary N) is 1. The molecule has 0 bridgehead atoms. The zero-order valence-corrected chi connectivity index (χ0v) is 10.7. The predicted octanol–water partition coefficient (Wildman–Crippen LogP) is 1.67. The van der Waals surface area contributed by atoms with Crippen LogP contribution in [0.5, 0.6) is 0 Å². The smallest absolute Gasteiger partial charge is 0.144 e. The minimum atomic E-state index is -0.359. The summed E-state index contributed by atoms with van der Waals surface area (Å²) in [5, 5.41) is 0. The lowest BCUT2D eigenvalue weighted by molar-refractivity contribution is -0.122. The van der Waals surface area contributed by atoms with Crippen molar-refractivity contribution in [1.82, 2.24) is 0 Å². The Kier molecular flexibility index (Phi) is 3.91. The van der Waals surface area contributed by atoms with Crippen LogP contribution >= 0.6 is 15.9 Å². The Labute approximate surface area is 107 Å². The van der Waals surface area contributed by atoms with Crippen molar-refractivity contribution in [3.8, 4) is 0 Å². The van der Waals surface area contributed by atoms with Crippen molar-refractivity contribution >= 4 is 21.7 Å². The van der Waals surface area contributed by atoms with Crippen molar-refractivity contribution in [2.24, 2.45) is 11.7 Å². The van der Waals surface area contributed by atoms with Crippen LogP contribution in [0.1, 0.15) is 5.56 Å². The van der Waals surface area contributed by atoms with Crippen molar-refractivity contribution in [2.75, 3.05) is 13.2 Å². The summed E-state index contributed by atoms with van der Waals surface area (Å²) in [6.45, 7) is 0.785. The summed E-state index contributed by atoms with van der Waals surface area (Å²) in [7, 11) is 0. The molecule has 5 heteroatoms. The Morgan fingerprint density at radius 3 is 2.94 bits per heavy atom. The van der Waals surface area contributed by atoms with E-state index in [0.717, 1.165) is 0 Å². The van der Waals surface area contributed by atoms with Crippen LogP contribution in [0.4, 0.5) is 4.39 Å². The molecule has 0 spiro atoms. The summed E-state index contributed by atoms with van der Waals surface area (Å²) >= 11 is 3.14. The van der Waals surface area contributed by atoms with Gasteiger partial charge in [-0.05, 0) is 27.6 Å². The molecule has 0 amide bonds. The minimum Gasteiger partial charge on any atom is -0.379 e. The van der Waals surface area contributed by atoms with Crippen LogP contribution in [-0.2, 0) is 16.0 Å². The molecule has 2 unspecified atom stereocenters. The highest BCUT2D eigenvalue weighted by molar-refractivity contribution is 9.10. The Hall–Kier alpha value is -0.780. The van der Waals surface area contributed by atoms with E-state index in [-0.39, 0.29) is 30.0 Å². The molecule has 0 radical (unpaired) electrons. The van der Waals surface area contributed by atoms with E-state index in [2.05, 4.69) is 15.9 Å². The van der Waals surface area contributed by atoms with Gasteiger partial charge in [-0.1, -0.05) is 12.1 Å². The third-order valence-corrected chi connectivity index (χ3v) is 3.82. The first-order chi connectivity index (χ1) is 8.09. The summed E-state index contributed by atoms with van der Waals surface area (Å²) in [4.78, 5) is 12.0. The molecule has 92 valence electrons. The van der Waals surface area contributed by atoms with Crippen molar-refractivity contribution < 1.29 is 13.9 Å². The number of hydrogen-bond acceptors (Lipinski definition) is 3. The monoisotopic (exact) mass is 301 g/mol. The number of ketones is 1. The third kappa shape index (κ3) is 2.73. The topological polar surface area (TPSA) is 52.3 Å². The molecule has 2 atom stereocenters. The lowest BCUT2D eigenvalue weighted by Gasteiger charge is -2.12. The first-order valence-corrected chi connectivity index (χ1v) is 6.18. The fourth-order valence-corrected chi connectivity index (χ4v) is 2.31. The quantitative estimate of drug-likeness (QED) is 0.924. The average Bonchev–Trinajstić information content (AvgIpc) is 2.71. The highest BCUT2D eigenvalue weighted by Crippen LogP contribution is 2.23. The number of ether oxygens (including phenoxy) is 1. The first kappa shape index (κ1) is 12.7. The van der Waals surface area contributed by atoms with Crippen LogP contribution in [0, 0.1) is 11.7 Å². The van der Waals surface area contributed by atoms with Crippen molar-refractivity contribution in [2.45, 2.75) is 12.5 Å². The fourth-order valence-electron chi connectivity index (χ4n) is 1.91. The second-order valence-electron chi connectivity index (χ2n) is 4.16. The van der Waals surface area contributed by atoms with E-state index >= 15 is 0 Å². The average molecular weight is 302 g/mol. The molecular weight excluding hydrogens is 289 g/mol. The van der Waals surface area contributed by atoms with E-state index in [1.165, 1.54) is 6.07 Å². The molecule has 2 N–H and O–H groups in total. The van der Waals surface area contributed by atoms with Gasteiger partial charge in [0, 0.05) is 12.5 Å². The highest BCUT2D eigenvalue weighted by atomic mass is 79.9. The van der Waals surface area contributed by atoms with Crippen LogP contribution < -0.4 is 5.73 Å². The number of halogens is 2. The van der Waals surface area contributed by atoms with E-state index in [4.69, 9.17) is 10.5 Å². The standard InChI is InChI=1S/C12H13BrFNO2/c13-12-7(2-1-3-9(12)14)4-11(16)8-5-17-6-10(8)15/h1-3,8,10H,4-6,15H2. The molecule has 1 aliphatic heterocycles. The molecule has 1 aromatic carbocycles. The second-order valence-corrected chi connectivity index (χ2v) is 4.96. The molecule has 0 aromatic heterocycles. The Morgan fingerprint density at radius 1 is 1.53 bits per heavy atom. The molecule has 1 heterocycles. The molecule has 17 heavy (non-hydrogen) atoms. The van der Waals surface area contributed by atoms with Gasteiger partial charge in [0.05, 0.1) is 23.6 Å². The Morgan fingerprint density at radius 2 is 2.29 bits per heavy atom. The van der Waals surface area contributed by atoms with Crippen LogP contribution in [0.2, 0.25) is 0 Å². The minimum absolute atomic E-state index is 0.00120. The van der Waals surface area contributed by atoms with Crippen LogP contribution in [-0.4, -0.2) is 25.0 Å². The van der Waals surface area contributed by atoms with Crippen LogP contribution in [0.25, 0.3) is 0 Å². The number of hydrogen-bond donors (Lipinski definition) is 1. The van der Waals surface area contributed by atoms with Gasteiger partial charge in [0.1, 0.15) is 11.6 Å². The zero-order valence-electron chi connectivity index (χ0n) is 9.16. The van der Waals surface area contributed by atoms with Crippen LogP contribution in [0.3, 0.4) is 0 Å². The summed E-state index contributed by atoms with van der Waals surface area (Å²) < 4.78 is 18.8. The first-order valence-electron chi connectivity index (χ1n) is 5.38. The van der Waals surface area contributed by atoms with Crippen LogP contribution in [0.15, 0.2) is 22.7 Å². The maximum absolute atomic E-state index is 13.3. The number of benzene rings is 1. The Bertz CT molecular complexity index is 439. The van der Waals surface area contributed by atoms with Gasteiger partial charge in [-0.15, -0.1) is 0 Å². The van der Waals surface area contributed by atoms with Gasteiger partial charge >= 0.3 is 0 Å². The molecule has 1 aliphatic rings. The van der Waals surface area contributed by atoms with Crippen molar-refractivity contribution in [1.29, 1.82) is 0 Å². The zero-order chi connectivity index (χ0) is 12.4. The summed E-state index contributed by atoms with van der Waals surface area (Å²) in [5.74, 6) is -0.631. The van der Waals surface area contributed by atoms with E-state index in [1.54, 1.807) is 12.1 Å². The van der Waals surface area contributed by atoms with Gasteiger partial charge in [-0.25, -0.2) is 4.39 Å². The lowest BCUT2D eigenvalue weighted by atomic mass is 9.94. The number of rotatable bonds is 3. The molecular formula is C12H13BrFNO2. The fraction of sp³-hybridized carbons (Fsp3) is 0.417. The summed E-state index contributed by atoms with van der Waals surface area (Å²) in [6.07, 6.45) is 0.181. The van der Waals surface area contributed by atoms with E-state index in [0.29, 0.717) is 23.2 Å². The lowest BCUT2D eigenvalue weighted by Crippen LogP contribution is -2.34. The normalized spacial score (nSPS) is 23.9. The molecule has 2 rings (SSSR count). The molecule has 0 saturated carbocycles.